The Balaban J connectivity index is 1.43. The van der Waals surface area contributed by atoms with Gasteiger partial charge in [-0.1, -0.05) is 11.6 Å². The normalized spacial score (nSPS) is 16.8. The lowest BCUT2D eigenvalue weighted by atomic mass is 10.1. The Morgan fingerprint density at radius 2 is 2.10 bits per heavy atom. The molecule has 20 heavy (non-hydrogen) atoms. The lowest BCUT2D eigenvalue weighted by Gasteiger charge is -2.11. The van der Waals surface area contributed by atoms with E-state index >= 15 is 0 Å². The number of nitrogens with zero attached hydrogens (tertiary/aromatic N) is 1. The quantitative estimate of drug-likeness (QED) is 0.859. The summed E-state index contributed by atoms with van der Waals surface area (Å²) in [7, 11) is 0. The second-order valence-corrected chi connectivity index (χ2v) is 5.44. The van der Waals surface area contributed by atoms with Gasteiger partial charge in [0.25, 0.3) is 0 Å². The average Bonchev–Trinajstić information content (AvgIpc) is 2.86. The molecular formula is C16H17ClN2O. The first kappa shape index (κ1) is 13.4. The van der Waals surface area contributed by atoms with Crippen molar-refractivity contribution >= 4 is 11.6 Å². The minimum absolute atomic E-state index is 0.209. The number of ether oxygens (including phenoxy) is 1. The molecule has 0 radical (unpaired) electrons. The van der Waals surface area contributed by atoms with Crippen LogP contribution in [0.1, 0.15) is 11.1 Å². The van der Waals surface area contributed by atoms with E-state index in [9.17, 15) is 0 Å². The maximum Gasteiger partial charge on any atom is 0.123 e. The number of nitrogens with one attached hydrogen (secondary N) is 1. The molecule has 4 heteroatoms. The molecular weight excluding hydrogens is 272 g/mol. The summed E-state index contributed by atoms with van der Waals surface area (Å²) in [5, 5.41) is 4.22. The van der Waals surface area contributed by atoms with Crippen LogP contribution in [0.5, 0.6) is 5.75 Å². The Hall–Kier alpha value is -1.58. The number of hydrogen-bond donors (Lipinski definition) is 1. The van der Waals surface area contributed by atoms with E-state index in [1.807, 2.05) is 42.7 Å². The van der Waals surface area contributed by atoms with Gasteiger partial charge in [-0.05, 0) is 54.4 Å². The topological polar surface area (TPSA) is 34.2 Å². The second-order valence-electron chi connectivity index (χ2n) is 5.01. The summed E-state index contributed by atoms with van der Waals surface area (Å²) in [5.74, 6) is 0.968. The summed E-state index contributed by atoms with van der Waals surface area (Å²) in [6, 6.07) is 9.92. The van der Waals surface area contributed by atoms with Gasteiger partial charge in [0.15, 0.2) is 0 Å². The zero-order chi connectivity index (χ0) is 13.8. The van der Waals surface area contributed by atoms with Crippen LogP contribution >= 0.6 is 11.6 Å². The molecule has 1 unspecified atom stereocenters. The van der Waals surface area contributed by atoms with Crippen molar-refractivity contribution in [1.29, 1.82) is 0 Å². The molecule has 1 atom stereocenters. The molecule has 2 aromatic rings. The minimum atomic E-state index is 0.209. The number of benzene rings is 1. The fraction of sp³-hybridized carbons (Fsp3) is 0.312. The maximum atomic E-state index is 5.99. The molecule has 1 N–H and O–H groups in total. The van der Waals surface area contributed by atoms with Crippen LogP contribution in [0.25, 0.3) is 0 Å². The Labute approximate surface area is 123 Å². The Morgan fingerprint density at radius 1 is 1.25 bits per heavy atom. The molecule has 1 aliphatic rings. The third-order valence-electron chi connectivity index (χ3n) is 3.48. The molecule has 0 amide bonds. The molecule has 3 rings (SSSR count). The second kappa shape index (κ2) is 6.25. The van der Waals surface area contributed by atoms with Crippen LogP contribution in [0, 0.1) is 0 Å². The number of halogens is 1. The number of hydrogen-bond acceptors (Lipinski definition) is 3. The summed E-state index contributed by atoms with van der Waals surface area (Å²) < 4.78 is 5.88. The lowest BCUT2D eigenvalue weighted by molar-refractivity contribution is 0.228. The van der Waals surface area contributed by atoms with Gasteiger partial charge in [-0.15, -0.1) is 0 Å². The van der Waals surface area contributed by atoms with Crippen molar-refractivity contribution in [1.82, 2.24) is 10.3 Å². The fourth-order valence-corrected chi connectivity index (χ4v) is 2.64. The Kier molecular flexibility index (Phi) is 4.19. The zero-order valence-corrected chi connectivity index (χ0v) is 11.9. The number of pyridine rings is 1. The van der Waals surface area contributed by atoms with E-state index in [0.717, 1.165) is 36.7 Å². The lowest BCUT2D eigenvalue weighted by Crippen LogP contribution is -2.31. The summed E-state index contributed by atoms with van der Waals surface area (Å²) in [4.78, 5) is 4.02. The van der Waals surface area contributed by atoms with Crippen LogP contribution in [0.2, 0.25) is 5.02 Å². The van der Waals surface area contributed by atoms with Gasteiger partial charge < -0.3 is 10.1 Å². The molecule has 104 valence electrons. The van der Waals surface area contributed by atoms with Crippen LogP contribution < -0.4 is 10.1 Å². The van der Waals surface area contributed by atoms with Crippen LogP contribution in [0.15, 0.2) is 42.7 Å². The standard InChI is InChI=1S/C16H17ClN2O/c17-14-1-2-16-13(9-14)10-15(20-16)11-19-8-5-12-3-6-18-7-4-12/h1-4,6-7,9,15,19H,5,8,10-11H2. The van der Waals surface area contributed by atoms with Gasteiger partial charge in [0.05, 0.1) is 0 Å². The average molecular weight is 289 g/mol. The molecule has 0 bridgehead atoms. The summed E-state index contributed by atoms with van der Waals surface area (Å²) in [5.41, 5.74) is 2.51. The molecule has 0 spiro atoms. The predicted octanol–water partition coefficient (Wildman–Crippen LogP) is 2.87. The first-order valence-electron chi connectivity index (χ1n) is 6.86. The molecule has 0 saturated heterocycles. The molecule has 1 aromatic heterocycles. The SMILES string of the molecule is Clc1ccc2c(c1)CC(CNCCc1ccncc1)O2. The van der Waals surface area contributed by atoms with Crippen molar-refractivity contribution in [3.8, 4) is 5.75 Å². The largest absolute Gasteiger partial charge is 0.488 e. The fourth-order valence-electron chi connectivity index (χ4n) is 2.45. The smallest absolute Gasteiger partial charge is 0.123 e. The summed E-state index contributed by atoms with van der Waals surface area (Å²) >= 11 is 5.99. The van der Waals surface area contributed by atoms with E-state index in [4.69, 9.17) is 16.3 Å². The van der Waals surface area contributed by atoms with E-state index < -0.39 is 0 Å². The number of rotatable bonds is 5. The molecule has 2 heterocycles. The van der Waals surface area contributed by atoms with Gasteiger partial charge >= 0.3 is 0 Å². The first-order chi connectivity index (χ1) is 9.81. The maximum absolute atomic E-state index is 5.99. The molecule has 1 aliphatic heterocycles. The summed E-state index contributed by atoms with van der Waals surface area (Å²) in [6.45, 7) is 1.80. The Bertz CT molecular complexity index is 574. The minimum Gasteiger partial charge on any atom is -0.488 e. The predicted molar refractivity (Wildman–Crippen MR) is 80.4 cm³/mol. The van der Waals surface area contributed by atoms with E-state index in [2.05, 4.69) is 10.3 Å². The van der Waals surface area contributed by atoms with Crippen LogP contribution in [0.4, 0.5) is 0 Å². The highest BCUT2D eigenvalue weighted by molar-refractivity contribution is 6.30. The van der Waals surface area contributed by atoms with Gasteiger partial charge in [0, 0.05) is 30.4 Å². The number of aromatic nitrogens is 1. The van der Waals surface area contributed by atoms with Crippen molar-refractivity contribution in [2.75, 3.05) is 13.1 Å². The third kappa shape index (κ3) is 3.30. The first-order valence-corrected chi connectivity index (χ1v) is 7.24. The highest BCUT2D eigenvalue weighted by Gasteiger charge is 2.22. The molecule has 0 saturated carbocycles. The van der Waals surface area contributed by atoms with Crippen molar-refractivity contribution in [2.45, 2.75) is 18.9 Å². The van der Waals surface area contributed by atoms with E-state index in [1.165, 1.54) is 11.1 Å². The van der Waals surface area contributed by atoms with Crippen LogP contribution in [-0.2, 0) is 12.8 Å². The third-order valence-corrected chi connectivity index (χ3v) is 3.71. The van der Waals surface area contributed by atoms with E-state index in [1.54, 1.807) is 0 Å². The number of fused-ring (bicyclic) bond motifs is 1. The van der Waals surface area contributed by atoms with E-state index in [-0.39, 0.29) is 6.10 Å². The van der Waals surface area contributed by atoms with Crippen molar-refractivity contribution < 1.29 is 4.74 Å². The van der Waals surface area contributed by atoms with Crippen LogP contribution in [-0.4, -0.2) is 24.2 Å². The van der Waals surface area contributed by atoms with Crippen molar-refractivity contribution in [3.63, 3.8) is 0 Å². The van der Waals surface area contributed by atoms with Crippen molar-refractivity contribution in [2.24, 2.45) is 0 Å². The van der Waals surface area contributed by atoms with Gasteiger partial charge in [-0.2, -0.15) is 0 Å². The molecule has 0 fully saturated rings. The van der Waals surface area contributed by atoms with E-state index in [0.29, 0.717) is 0 Å². The van der Waals surface area contributed by atoms with Gasteiger partial charge in [0.1, 0.15) is 11.9 Å². The molecule has 1 aromatic carbocycles. The highest BCUT2D eigenvalue weighted by Crippen LogP contribution is 2.30. The van der Waals surface area contributed by atoms with Gasteiger partial charge in [0.2, 0.25) is 0 Å². The highest BCUT2D eigenvalue weighted by atomic mass is 35.5. The molecule has 0 aliphatic carbocycles. The zero-order valence-electron chi connectivity index (χ0n) is 11.2. The Morgan fingerprint density at radius 3 is 2.95 bits per heavy atom. The monoisotopic (exact) mass is 288 g/mol. The van der Waals surface area contributed by atoms with Crippen molar-refractivity contribution in [3.05, 3.63) is 58.9 Å². The summed E-state index contributed by atoms with van der Waals surface area (Å²) in [6.07, 6.45) is 5.80. The van der Waals surface area contributed by atoms with Crippen LogP contribution in [0.3, 0.4) is 0 Å². The molecule has 3 nitrogen and oxygen atoms in total. The van der Waals surface area contributed by atoms with Gasteiger partial charge in [-0.25, -0.2) is 0 Å². The van der Waals surface area contributed by atoms with Gasteiger partial charge in [-0.3, -0.25) is 4.98 Å².